The first-order chi connectivity index (χ1) is 11.2. The Hall–Kier alpha value is -2.27. The summed E-state index contributed by atoms with van der Waals surface area (Å²) in [7, 11) is 0. The maximum absolute atomic E-state index is 12.9. The highest BCUT2D eigenvalue weighted by molar-refractivity contribution is 6.31. The molecule has 1 saturated heterocycles. The number of nitrogens with zero attached hydrogens (tertiary/aromatic N) is 3. The fourth-order valence-corrected chi connectivity index (χ4v) is 3.47. The molecule has 1 aliphatic heterocycles. The molecular formula is C17H17ClN4O. The number of nitrogens with one attached hydrogen (secondary N) is 1. The van der Waals surface area contributed by atoms with E-state index in [-0.39, 0.29) is 11.9 Å². The topological polar surface area (TPSA) is 53.9 Å². The first-order valence-electron chi connectivity index (χ1n) is 7.77. The monoisotopic (exact) mass is 328 g/mol. The molecule has 2 aromatic heterocycles. The Morgan fingerprint density at radius 3 is 3.13 bits per heavy atom. The number of benzene rings is 1. The van der Waals surface area contributed by atoms with E-state index >= 15 is 0 Å². The minimum atomic E-state index is 0.0652. The van der Waals surface area contributed by atoms with Crippen molar-refractivity contribution in [2.45, 2.75) is 18.9 Å². The van der Waals surface area contributed by atoms with Crippen molar-refractivity contribution in [2.24, 2.45) is 0 Å². The molecule has 5 nitrogen and oxygen atoms in total. The lowest BCUT2D eigenvalue weighted by atomic mass is 10.0. The van der Waals surface area contributed by atoms with E-state index in [4.69, 9.17) is 11.6 Å². The van der Waals surface area contributed by atoms with Crippen LogP contribution in [0.4, 0.5) is 0 Å². The summed E-state index contributed by atoms with van der Waals surface area (Å²) in [5.74, 6) is 0.0652. The summed E-state index contributed by atoms with van der Waals surface area (Å²) < 4.78 is 1.95. The van der Waals surface area contributed by atoms with E-state index in [0.29, 0.717) is 17.1 Å². The van der Waals surface area contributed by atoms with Gasteiger partial charge in [-0.05, 0) is 31.0 Å². The van der Waals surface area contributed by atoms with Crippen molar-refractivity contribution in [3.63, 3.8) is 0 Å². The number of hydrogen-bond donors (Lipinski definition) is 1. The third-order valence-corrected chi connectivity index (χ3v) is 4.69. The second-order valence-corrected chi connectivity index (χ2v) is 6.36. The summed E-state index contributed by atoms with van der Waals surface area (Å²) in [6.07, 6.45) is 7.57. The van der Waals surface area contributed by atoms with Crippen molar-refractivity contribution < 1.29 is 4.79 Å². The second kappa shape index (κ2) is 5.74. The van der Waals surface area contributed by atoms with Crippen LogP contribution in [0.3, 0.4) is 0 Å². The van der Waals surface area contributed by atoms with Gasteiger partial charge in [0.1, 0.15) is 0 Å². The zero-order valence-corrected chi connectivity index (χ0v) is 13.3. The van der Waals surface area contributed by atoms with Gasteiger partial charge in [-0.2, -0.15) is 5.10 Å². The molecule has 0 unspecified atom stereocenters. The van der Waals surface area contributed by atoms with Gasteiger partial charge in [-0.15, -0.1) is 0 Å². The molecule has 3 heterocycles. The first-order valence-corrected chi connectivity index (χ1v) is 8.15. The van der Waals surface area contributed by atoms with Crippen LogP contribution in [0, 0.1) is 0 Å². The Bertz CT molecular complexity index is 840. The minimum Gasteiger partial charge on any atom is -0.360 e. The van der Waals surface area contributed by atoms with E-state index in [0.717, 1.165) is 30.3 Å². The Balaban J connectivity index is 1.60. The van der Waals surface area contributed by atoms with E-state index in [1.54, 1.807) is 12.4 Å². The van der Waals surface area contributed by atoms with Crippen molar-refractivity contribution in [3.8, 4) is 0 Å². The molecule has 0 bridgehead atoms. The quantitative estimate of drug-likeness (QED) is 0.782. The highest BCUT2D eigenvalue weighted by atomic mass is 35.5. The SMILES string of the molecule is O=C(c1c[nH]c2cc(Cl)ccc12)N1CCC[C@H](n2cccn2)C1. The predicted octanol–water partition coefficient (Wildman–Crippen LogP) is 3.50. The smallest absolute Gasteiger partial charge is 0.256 e. The van der Waals surface area contributed by atoms with Gasteiger partial charge in [0, 0.05) is 47.6 Å². The summed E-state index contributed by atoms with van der Waals surface area (Å²) >= 11 is 6.01. The van der Waals surface area contributed by atoms with Crippen molar-refractivity contribution in [2.75, 3.05) is 13.1 Å². The van der Waals surface area contributed by atoms with Gasteiger partial charge in [0.2, 0.25) is 0 Å². The fourth-order valence-electron chi connectivity index (χ4n) is 3.30. The molecule has 3 aromatic rings. The van der Waals surface area contributed by atoms with Gasteiger partial charge < -0.3 is 9.88 Å². The molecule has 0 spiro atoms. The van der Waals surface area contributed by atoms with Gasteiger partial charge in [0.25, 0.3) is 5.91 Å². The number of fused-ring (bicyclic) bond motifs is 1. The summed E-state index contributed by atoms with van der Waals surface area (Å²) in [6, 6.07) is 7.73. The molecule has 1 aromatic carbocycles. The molecule has 0 aliphatic carbocycles. The minimum absolute atomic E-state index is 0.0652. The van der Waals surface area contributed by atoms with Crippen LogP contribution >= 0.6 is 11.6 Å². The number of carbonyl (C=O) groups is 1. The number of piperidine rings is 1. The van der Waals surface area contributed by atoms with Gasteiger partial charge in [-0.25, -0.2) is 0 Å². The Kier molecular flexibility index (Phi) is 3.58. The molecular weight excluding hydrogens is 312 g/mol. The summed E-state index contributed by atoms with van der Waals surface area (Å²) in [5, 5.41) is 5.89. The van der Waals surface area contributed by atoms with Crippen LogP contribution in [0.5, 0.6) is 0 Å². The van der Waals surface area contributed by atoms with Crippen LogP contribution in [0.1, 0.15) is 29.2 Å². The molecule has 1 fully saturated rings. The number of H-pyrrole nitrogens is 1. The van der Waals surface area contributed by atoms with Gasteiger partial charge >= 0.3 is 0 Å². The average Bonchev–Trinajstić information content (AvgIpc) is 3.23. The van der Waals surface area contributed by atoms with Crippen molar-refractivity contribution >= 4 is 28.4 Å². The number of halogens is 1. The van der Waals surface area contributed by atoms with Crippen molar-refractivity contribution in [3.05, 3.63) is 53.4 Å². The molecule has 1 atom stereocenters. The molecule has 6 heteroatoms. The zero-order valence-electron chi connectivity index (χ0n) is 12.6. The van der Waals surface area contributed by atoms with Crippen molar-refractivity contribution in [1.82, 2.24) is 19.7 Å². The molecule has 1 N–H and O–H groups in total. The zero-order chi connectivity index (χ0) is 15.8. The Morgan fingerprint density at radius 1 is 1.39 bits per heavy atom. The number of amides is 1. The number of rotatable bonds is 2. The van der Waals surface area contributed by atoms with Crippen LogP contribution in [-0.2, 0) is 0 Å². The summed E-state index contributed by atoms with van der Waals surface area (Å²) in [6.45, 7) is 1.48. The average molecular weight is 329 g/mol. The van der Waals surface area contributed by atoms with Crippen LogP contribution in [0.15, 0.2) is 42.9 Å². The Labute approximate surface area is 138 Å². The molecule has 1 aliphatic rings. The van der Waals surface area contributed by atoms with Gasteiger partial charge in [-0.3, -0.25) is 9.48 Å². The maximum Gasteiger partial charge on any atom is 0.256 e. The van der Waals surface area contributed by atoms with Gasteiger partial charge in [0.05, 0.1) is 11.6 Å². The van der Waals surface area contributed by atoms with E-state index in [1.807, 2.05) is 40.0 Å². The van der Waals surface area contributed by atoms with E-state index in [1.165, 1.54) is 0 Å². The predicted molar refractivity (Wildman–Crippen MR) is 89.7 cm³/mol. The number of carbonyl (C=O) groups excluding carboxylic acids is 1. The normalized spacial score (nSPS) is 18.5. The lowest BCUT2D eigenvalue weighted by Gasteiger charge is -2.32. The molecule has 1 amide bonds. The number of aromatic amines is 1. The lowest BCUT2D eigenvalue weighted by Crippen LogP contribution is -2.40. The lowest BCUT2D eigenvalue weighted by molar-refractivity contribution is 0.0675. The van der Waals surface area contributed by atoms with Crippen LogP contribution < -0.4 is 0 Å². The standard InChI is InChI=1S/C17H17ClN4O/c18-12-4-5-14-15(10-19-16(14)9-12)17(23)21-7-1-3-13(11-21)22-8-2-6-20-22/h2,4-6,8-10,13,19H,1,3,7,11H2/t13-/m0/s1. The largest absolute Gasteiger partial charge is 0.360 e. The van der Waals surface area contributed by atoms with Crippen LogP contribution in [0.2, 0.25) is 5.02 Å². The molecule has 23 heavy (non-hydrogen) atoms. The van der Waals surface area contributed by atoms with Gasteiger partial charge in [-0.1, -0.05) is 17.7 Å². The third-order valence-electron chi connectivity index (χ3n) is 4.46. The van der Waals surface area contributed by atoms with Crippen LogP contribution in [0.25, 0.3) is 10.9 Å². The number of hydrogen-bond acceptors (Lipinski definition) is 2. The molecule has 0 saturated carbocycles. The maximum atomic E-state index is 12.9. The van der Waals surface area contributed by atoms with Crippen LogP contribution in [-0.4, -0.2) is 38.7 Å². The number of likely N-dealkylation sites (tertiary alicyclic amines) is 1. The molecule has 4 rings (SSSR count). The number of aromatic nitrogens is 3. The molecule has 118 valence electrons. The Morgan fingerprint density at radius 2 is 2.30 bits per heavy atom. The van der Waals surface area contributed by atoms with Crippen molar-refractivity contribution in [1.29, 1.82) is 0 Å². The van der Waals surface area contributed by atoms with E-state index in [9.17, 15) is 4.79 Å². The highest BCUT2D eigenvalue weighted by Crippen LogP contribution is 2.26. The fraction of sp³-hybridized carbons (Fsp3) is 0.294. The van der Waals surface area contributed by atoms with E-state index < -0.39 is 0 Å². The first kappa shape index (κ1) is 14.3. The van der Waals surface area contributed by atoms with E-state index in [2.05, 4.69) is 10.1 Å². The second-order valence-electron chi connectivity index (χ2n) is 5.93. The highest BCUT2D eigenvalue weighted by Gasteiger charge is 2.27. The third kappa shape index (κ3) is 2.61. The summed E-state index contributed by atoms with van der Waals surface area (Å²) in [4.78, 5) is 18.0. The van der Waals surface area contributed by atoms with Gasteiger partial charge in [0.15, 0.2) is 0 Å². The molecule has 0 radical (unpaired) electrons. The summed E-state index contributed by atoms with van der Waals surface area (Å²) in [5.41, 5.74) is 1.60.